The molecule has 0 aromatic heterocycles. The predicted molar refractivity (Wildman–Crippen MR) is 210 cm³/mol. The smallest absolute Gasteiger partial charge is 0.451 e. The summed E-state index contributed by atoms with van der Waals surface area (Å²) in [5.41, 5.74) is 4.02. The average Bonchev–Trinajstić information content (AvgIpc) is 3.70. The van der Waals surface area contributed by atoms with Crippen molar-refractivity contribution in [2.75, 3.05) is 27.4 Å². The summed E-state index contributed by atoms with van der Waals surface area (Å²) < 4.78 is 29.9. The quantitative estimate of drug-likeness (QED) is 0.0547. The first kappa shape index (κ1) is 40.5. The molecular weight excluding hydrogens is 745 g/mol. The first-order chi connectivity index (χ1) is 28.2. The third kappa shape index (κ3) is 7.53. The number of hydrogen-bond donors (Lipinski definition) is 3. The van der Waals surface area contributed by atoms with Crippen LogP contribution in [0.4, 0.5) is 4.79 Å². The molecule has 5 atom stereocenters. The van der Waals surface area contributed by atoms with Crippen LogP contribution < -0.4 is 20.3 Å². The minimum Gasteiger partial charge on any atom is -0.497 e. The lowest BCUT2D eigenvalue weighted by Gasteiger charge is -2.40. The Morgan fingerprint density at radius 3 is 1.90 bits per heavy atom. The number of methoxy groups -OCH3 is 2. The Kier molecular flexibility index (Phi) is 12.1. The van der Waals surface area contributed by atoms with Gasteiger partial charge in [-0.15, -0.1) is 0 Å². The number of hydrazine groups is 1. The van der Waals surface area contributed by atoms with Crippen LogP contribution in [-0.2, 0) is 24.6 Å². The number of imide groups is 2. The van der Waals surface area contributed by atoms with E-state index in [1.807, 2.05) is 78.9 Å². The average molecular weight is 792 g/mol. The van der Waals surface area contributed by atoms with Crippen LogP contribution in [0.25, 0.3) is 0 Å². The topological polar surface area (TPSA) is 162 Å². The van der Waals surface area contributed by atoms with Gasteiger partial charge in [0, 0.05) is 6.61 Å². The van der Waals surface area contributed by atoms with Gasteiger partial charge < -0.3 is 28.8 Å². The maximum absolute atomic E-state index is 14.1. The second-order valence-corrected chi connectivity index (χ2v) is 14.2. The van der Waals surface area contributed by atoms with E-state index < -0.39 is 58.5 Å². The normalized spacial score (nSPS) is 22.9. The fourth-order valence-corrected chi connectivity index (χ4v) is 7.67. The van der Waals surface area contributed by atoms with Crippen LogP contribution in [0.2, 0.25) is 0 Å². The van der Waals surface area contributed by atoms with Gasteiger partial charge in [-0.3, -0.25) is 14.4 Å². The lowest BCUT2D eigenvalue weighted by molar-refractivity contribution is -0.909. The molecule has 7 rings (SSSR count). The van der Waals surface area contributed by atoms with Crippen molar-refractivity contribution >= 4 is 23.8 Å². The third-order valence-electron chi connectivity index (χ3n) is 10.7. The van der Waals surface area contributed by atoms with Gasteiger partial charge in [-0.25, -0.2) is 10.1 Å². The van der Waals surface area contributed by atoms with Crippen molar-refractivity contribution < 1.29 is 52.6 Å². The Morgan fingerprint density at radius 1 is 0.776 bits per heavy atom. The number of urea groups is 1. The highest BCUT2D eigenvalue weighted by Crippen LogP contribution is 2.43. The first-order valence-corrected chi connectivity index (χ1v) is 19.3. The minimum absolute atomic E-state index is 0.132. The number of aliphatic hydroxyl groups excluding tert-OH is 1. The molecule has 302 valence electrons. The second-order valence-electron chi connectivity index (χ2n) is 14.2. The Balaban J connectivity index is 1.28. The number of amides is 5. The van der Waals surface area contributed by atoms with Crippen LogP contribution >= 0.6 is 0 Å². The number of fused-ring (bicyclic) bond motifs is 1. The molecule has 0 saturated carbocycles. The summed E-state index contributed by atoms with van der Waals surface area (Å²) in [7, 11) is 3.17. The van der Waals surface area contributed by atoms with Crippen molar-refractivity contribution in [3.05, 3.63) is 143 Å². The van der Waals surface area contributed by atoms with E-state index in [-0.39, 0.29) is 24.3 Å². The summed E-state index contributed by atoms with van der Waals surface area (Å²) in [6.07, 6.45) is 0.598. The van der Waals surface area contributed by atoms with Crippen molar-refractivity contribution in [1.29, 1.82) is 0 Å². The lowest BCUT2D eigenvalue weighted by Crippen LogP contribution is -2.75. The van der Waals surface area contributed by atoms with Gasteiger partial charge in [-0.2, -0.15) is 5.01 Å². The summed E-state index contributed by atoms with van der Waals surface area (Å²) in [4.78, 5) is 54.0. The highest BCUT2D eigenvalue weighted by Gasteiger charge is 2.62. The number of carbonyl (C=O) groups is 4. The first-order valence-electron chi connectivity index (χ1n) is 19.3. The molecule has 14 nitrogen and oxygen atoms in total. The molecule has 1 fully saturated rings. The van der Waals surface area contributed by atoms with Gasteiger partial charge in [-0.05, 0) is 65.0 Å². The number of nitrogens with one attached hydrogen (secondary N) is 2. The van der Waals surface area contributed by atoms with Crippen LogP contribution in [0.1, 0.15) is 70.0 Å². The van der Waals surface area contributed by atoms with Gasteiger partial charge in [0.2, 0.25) is 0 Å². The number of ether oxygens (including phenoxy) is 5. The van der Waals surface area contributed by atoms with Crippen LogP contribution in [0.5, 0.6) is 11.5 Å². The van der Waals surface area contributed by atoms with Crippen molar-refractivity contribution in [3.63, 3.8) is 0 Å². The number of quaternary nitrogens is 1. The standard InChI is InChI=1S/C44H46N4O10/c1-4-5-6-12-27-56-39-38(50)36(58-42(39)48(26-25-37(49)45-43(48)53)46-47-40(51)34-15-10-11-16-35(34)41(47)52)28-57-44(29-13-8-7-9-14-29,30-17-21-32(54-2)22-18-30)31-19-23-33(55-3)24-20-31/h7-11,13-26,36,38-39,42,46,50H,4-6,12,27-28H2,1-3H3/p+1/t36-,38-,39-,42-,48?/m1/s1. The zero-order valence-corrected chi connectivity index (χ0v) is 32.5. The summed E-state index contributed by atoms with van der Waals surface area (Å²) in [6, 6.07) is 29.8. The molecule has 4 aromatic carbocycles. The highest BCUT2D eigenvalue weighted by molar-refractivity contribution is 6.21. The summed E-state index contributed by atoms with van der Waals surface area (Å²) in [5.74, 6) is -0.855. The van der Waals surface area contributed by atoms with Gasteiger partial charge in [0.1, 0.15) is 35.5 Å². The van der Waals surface area contributed by atoms with Crippen molar-refractivity contribution in [3.8, 4) is 11.5 Å². The number of benzene rings is 4. The van der Waals surface area contributed by atoms with Crippen molar-refractivity contribution in [2.24, 2.45) is 0 Å². The van der Waals surface area contributed by atoms with Crippen LogP contribution in [0, 0.1) is 0 Å². The lowest BCUT2D eigenvalue weighted by atomic mass is 9.80. The van der Waals surface area contributed by atoms with Crippen LogP contribution in [0.3, 0.4) is 0 Å². The Morgan fingerprint density at radius 2 is 1.34 bits per heavy atom. The van der Waals surface area contributed by atoms with E-state index in [4.69, 9.17) is 23.7 Å². The Hall–Kier alpha value is -5.74. The fraction of sp³-hybridized carbons (Fsp3) is 0.318. The van der Waals surface area contributed by atoms with Gasteiger partial charge >= 0.3 is 6.03 Å². The minimum atomic E-state index is -1.43. The van der Waals surface area contributed by atoms with E-state index in [9.17, 15) is 24.3 Å². The van der Waals surface area contributed by atoms with E-state index in [0.717, 1.165) is 47.0 Å². The Labute approximate surface area is 336 Å². The molecule has 3 aliphatic heterocycles. The molecule has 3 N–H and O–H groups in total. The molecule has 3 aliphatic rings. The maximum Gasteiger partial charge on any atom is 0.451 e. The number of nitrogens with zero attached hydrogens (tertiary/aromatic N) is 2. The van der Waals surface area contributed by atoms with E-state index in [0.29, 0.717) is 17.9 Å². The molecule has 0 radical (unpaired) electrons. The molecule has 14 heteroatoms. The van der Waals surface area contributed by atoms with Gasteiger partial charge in [-0.1, -0.05) is 97.5 Å². The molecular formula is C44H47N4O10+. The SMILES string of the molecule is CCCCCCO[C@@H]1[C@H](O)[C@@H](COC(c2ccccc2)(c2ccc(OC)cc2)c2ccc(OC)cc2)O[C@H]1[N+]1(NN2C(=O)c3ccccc3C2=O)C=CC(=O)NC1=O. The highest BCUT2D eigenvalue weighted by atomic mass is 16.6. The molecule has 5 amide bonds. The molecule has 4 aromatic rings. The number of unbranched alkanes of at least 4 members (excludes halogenated alkanes) is 3. The zero-order valence-electron chi connectivity index (χ0n) is 32.5. The number of carbonyl (C=O) groups excluding carboxylic acids is 4. The number of aliphatic hydroxyl groups is 1. The van der Waals surface area contributed by atoms with Gasteiger partial charge in [0.05, 0.1) is 38.0 Å². The van der Waals surface area contributed by atoms with E-state index in [2.05, 4.69) is 17.8 Å². The molecule has 3 heterocycles. The largest absolute Gasteiger partial charge is 0.497 e. The molecule has 1 unspecified atom stereocenters. The second kappa shape index (κ2) is 17.4. The third-order valence-corrected chi connectivity index (χ3v) is 10.7. The predicted octanol–water partition coefficient (Wildman–Crippen LogP) is 5.36. The summed E-state index contributed by atoms with van der Waals surface area (Å²) in [5, 5.41) is 15.2. The molecule has 0 spiro atoms. The maximum atomic E-state index is 14.1. The molecule has 0 aliphatic carbocycles. The zero-order chi connectivity index (χ0) is 40.9. The van der Waals surface area contributed by atoms with E-state index in [1.54, 1.807) is 26.4 Å². The fourth-order valence-electron chi connectivity index (χ4n) is 7.67. The van der Waals surface area contributed by atoms with E-state index in [1.165, 1.54) is 18.3 Å². The Bertz CT molecular complexity index is 2060. The van der Waals surface area contributed by atoms with Crippen LogP contribution in [0.15, 0.2) is 115 Å². The summed E-state index contributed by atoms with van der Waals surface area (Å²) >= 11 is 0. The number of hydrogen-bond acceptors (Lipinski definition) is 11. The summed E-state index contributed by atoms with van der Waals surface area (Å²) in [6.45, 7) is 2.06. The van der Waals surface area contributed by atoms with Gasteiger partial charge in [0.25, 0.3) is 23.9 Å². The van der Waals surface area contributed by atoms with E-state index >= 15 is 0 Å². The van der Waals surface area contributed by atoms with Crippen LogP contribution in [-0.4, -0.2) is 90.4 Å². The van der Waals surface area contributed by atoms with Crippen molar-refractivity contribution in [1.82, 2.24) is 15.9 Å². The molecule has 1 saturated heterocycles. The van der Waals surface area contributed by atoms with Crippen molar-refractivity contribution in [2.45, 2.75) is 62.7 Å². The monoisotopic (exact) mass is 791 g/mol. The number of rotatable bonds is 17. The van der Waals surface area contributed by atoms with Gasteiger partial charge in [0.15, 0.2) is 6.10 Å². The molecule has 0 bridgehead atoms. The molecule has 58 heavy (non-hydrogen) atoms.